The van der Waals surface area contributed by atoms with Crippen molar-refractivity contribution in [2.24, 2.45) is 10.9 Å². The van der Waals surface area contributed by atoms with E-state index in [2.05, 4.69) is 5.16 Å². The van der Waals surface area contributed by atoms with Crippen LogP contribution in [-0.4, -0.2) is 10.8 Å². The minimum Gasteiger partial charge on any atom is -0.389 e. The van der Waals surface area contributed by atoms with Crippen molar-refractivity contribution in [2.75, 3.05) is 0 Å². The fourth-order valence-electron chi connectivity index (χ4n) is 1.64. The van der Waals surface area contributed by atoms with Gasteiger partial charge in [-0.2, -0.15) is 0 Å². The molecule has 2 N–H and O–H groups in total. The van der Waals surface area contributed by atoms with Crippen LogP contribution in [0, 0.1) is 21.7 Å². The molecule has 0 aliphatic rings. The predicted octanol–water partition coefficient (Wildman–Crippen LogP) is 2.71. The van der Waals surface area contributed by atoms with Gasteiger partial charge in [0.1, 0.15) is 6.61 Å². The first-order valence-electron chi connectivity index (χ1n) is 6.11. The van der Waals surface area contributed by atoms with Crippen LogP contribution in [0.15, 0.2) is 47.6 Å². The van der Waals surface area contributed by atoms with E-state index in [1.807, 2.05) is 0 Å². The minimum atomic E-state index is -1.05. The fraction of sp³-hybridized carbons (Fsp3) is 0.0714. The van der Waals surface area contributed by atoms with Crippen LogP contribution in [-0.2, 0) is 11.4 Å². The van der Waals surface area contributed by atoms with E-state index >= 15 is 0 Å². The molecule has 0 aliphatic heterocycles. The Morgan fingerprint density at radius 1 is 1.23 bits per heavy atom. The van der Waals surface area contributed by atoms with Crippen molar-refractivity contribution in [3.8, 4) is 0 Å². The Bertz CT molecular complexity index is 735. The highest BCUT2D eigenvalue weighted by atomic mass is 19.2. The topological polar surface area (TPSA) is 90.8 Å². The lowest BCUT2D eigenvalue weighted by molar-refractivity contribution is -0.384. The molecule has 0 heterocycles. The average Bonchev–Trinajstić information content (AvgIpc) is 2.50. The number of rotatable bonds is 5. The second-order valence-corrected chi connectivity index (χ2v) is 4.31. The number of nitro benzene ring substituents is 1. The molecule has 22 heavy (non-hydrogen) atoms. The molecule has 0 spiro atoms. The lowest BCUT2D eigenvalue weighted by Gasteiger charge is -2.03. The summed E-state index contributed by atoms with van der Waals surface area (Å²) in [6.45, 7) is -0.0495. The van der Waals surface area contributed by atoms with Gasteiger partial charge in [-0.1, -0.05) is 17.3 Å². The Morgan fingerprint density at radius 3 is 2.68 bits per heavy atom. The Morgan fingerprint density at radius 2 is 2.00 bits per heavy atom. The number of hydrogen-bond donors (Lipinski definition) is 1. The number of amidine groups is 1. The standard InChI is InChI=1S/C14H11F2N3O3/c15-12-5-4-10(7-13(12)16)14(17)18-22-8-9-2-1-3-11(6-9)19(20)21/h1-7H,8H2,(H2,17,18). The van der Waals surface area contributed by atoms with E-state index in [0.29, 0.717) is 5.56 Å². The van der Waals surface area contributed by atoms with Crippen LogP contribution in [0.25, 0.3) is 0 Å². The Balaban J connectivity index is 2.03. The number of oxime groups is 1. The van der Waals surface area contributed by atoms with Crippen molar-refractivity contribution in [3.63, 3.8) is 0 Å². The van der Waals surface area contributed by atoms with Gasteiger partial charge in [-0.25, -0.2) is 8.78 Å². The van der Waals surface area contributed by atoms with Gasteiger partial charge in [0.2, 0.25) is 0 Å². The average molecular weight is 307 g/mol. The monoisotopic (exact) mass is 307 g/mol. The zero-order chi connectivity index (χ0) is 16.1. The summed E-state index contributed by atoms with van der Waals surface area (Å²) >= 11 is 0. The molecule has 0 fully saturated rings. The van der Waals surface area contributed by atoms with Gasteiger partial charge in [0.25, 0.3) is 5.69 Å². The summed E-state index contributed by atoms with van der Waals surface area (Å²) in [5.74, 6) is -2.17. The van der Waals surface area contributed by atoms with Gasteiger partial charge in [-0.05, 0) is 23.8 Å². The number of nitrogens with two attached hydrogens (primary N) is 1. The zero-order valence-electron chi connectivity index (χ0n) is 11.2. The summed E-state index contributed by atoms with van der Waals surface area (Å²) in [5, 5.41) is 14.2. The van der Waals surface area contributed by atoms with E-state index in [1.165, 1.54) is 24.3 Å². The zero-order valence-corrected chi connectivity index (χ0v) is 11.2. The first-order valence-corrected chi connectivity index (χ1v) is 6.11. The first kappa shape index (κ1) is 15.4. The van der Waals surface area contributed by atoms with Crippen molar-refractivity contribution in [1.29, 1.82) is 0 Å². The molecule has 114 valence electrons. The summed E-state index contributed by atoms with van der Waals surface area (Å²) in [5.41, 5.74) is 6.20. The van der Waals surface area contributed by atoms with Crippen LogP contribution in [0.4, 0.5) is 14.5 Å². The third-order valence-corrected chi connectivity index (χ3v) is 2.73. The number of benzene rings is 2. The Labute approximate surface area is 124 Å². The van der Waals surface area contributed by atoms with E-state index < -0.39 is 16.6 Å². The molecule has 0 unspecified atom stereocenters. The first-order chi connectivity index (χ1) is 10.5. The normalized spacial score (nSPS) is 11.3. The van der Waals surface area contributed by atoms with Crippen molar-refractivity contribution in [2.45, 2.75) is 6.61 Å². The van der Waals surface area contributed by atoms with Gasteiger partial charge in [0.05, 0.1) is 4.92 Å². The molecule has 0 aromatic heterocycles. The number of hydrogen-bond acceptors (Lipinski definition) is 4. The van der Waals surface area contributed by atoms with Gasteiger partial charge in [-0.15, -0.1) is 0 Å². The largest absolute Gasteiger partial charge is 0.389 e. The molecule has 0 saturated carbocycles. The third kappa shape index (κ3) is 3.75. The number of nitrogens with zero attached hydrogens (tertiary/aromatic N) is 2. The van der Waals surface area contributed by atoms with Gasteiger partial charge >= 0.3 is 0 Å². The molecular weight excluding hydrogens is 296 g/mol. The lowest BCUT2D eigenvalue weighted by atomic mass is 10.2. The van der Waals surface area contributed by atoms with Gasteiger partial charge in [0.15, 0.2) is 17.5 Å². The lowest BCUT2D eigenvalue weighted by Crippen LogP contribution is -2.14. The molecular formula is C14H11F2N3O3. The Kier molecular flexibility index (Phi) is 4.62. The Hall–Kier alpha value is -3.03. The van der Waals surface area contributed by atoms with Crippen LogP contribution < -0.4 is 5.73 Å². The molecule has 0 radical (unpaired) electrons. The molecule has 2 aromatic carbocycles. The highest BCUT2D eigenvalue weighted by Crippen LogP contribution is 2.14. The van der Waals surface area contributed by atoms with Crippen molar-refractivity contribution >= 4 is 11.5 Å². The van der Waals surface area contributed by atoms with Crippen molar-refractivity contribution < 1.29 is 18.5 Å². The van der Waals surface area contributed by atoms with Crippen molar-refractivity contribution in [1.82, 2.24) is 0 Å². The van der Waals surface area contributed by atoms with E-state index in [-0.39, 0.29) is 23.7 Å². The summed E-state index contributed by atoms with van der Waals surface area (Å²) in [6.07, 6.45) is 0. The molecule has 6 nitrogen and oxygen atoms in total. The van der Waals surface area contributed by atoms with E-state index in [1.54, 1.807) is 6.07 Å². The molecule has 2 aromatic rings. The molecule has 0 bridgehead atoms. The molecule has 0 atom stereocenters. The quantitative estimate of drug-likeness (QED) is 0.398. The molecule has 2 rings (SSSR count). The van der Waals surface area contributed by atoms with Crippen LogP contribution >= 0.6 is 0 Å². The van der Waals surface area contributed by atoms with Gasteiger partial charge in [-0.3, -0.25) is 10.1 Å². The second kappa shape index (κ2) is 6.61. The number of non-ortho nitro benzene ring substituents is 1. The van der Waals surface area contributed by atoms with E-state index in [0.717, 1.165) is 12.1 Å². The highest BCUT2D eigenvalue weighted by molar-refractivity contribution is 5.97. The minimum absolute atomic E-state index is 0.0495. The molecule has 0 saturated heterocycles. The fourth-order valence-corrected chi connectivity index (χ4v) is 1.64. The van der Waals surface area contributed by atoms with Gasteiger partial charge < -0.3 is 10.6 Å². The molecule has 0 aliphatic carbocycles. The van der Waals surface area contributed by atoms with Gasteiger partial charge in [0, 0.05) is 17.7 Å². The summed E-state index contributed by atoms with van der Waals surface area (Å²) in [4.78, 5) is 15.1. The number of nitro groups is 1. The maximum atomic E-state index is 13.1. The van der Waals surface area contributed by atoms with E-state index in [4.69, 9.17) is 10.6 Å². The van der Waals surface area contributed by atoms with Crippen LogP contribution in [0.5, 0.6) is 0 Å². The maximum Gasteiger partial charge on any atom is 0.269 e. The SMILES string of the molecule is NC(=NOCc1cccc([N+](=O)[O-])c1)c1ccc(F)c(F)c1. The summed E-state index contributed by atoms with van der Waals surface area (Å²) in [6, 6.07) is 8.90. The van der Waals surface area contributed by atoms with Crippen LogP contribution in [0.1, 0.15) is 11.1 Å². The molecule has 0 amide bonds. The van der Waals surface area contributed by atoms with Crippen molar-refractivity contribution in [3.05, 3.63) is 75.3 Å². The second-order valence-electron chi connectivity index (χ2n) is 4.31. The third-order valence-electron chi connectivity index (χ3n) is 2.73. The summed E-state index contributed by atoms with van der Waals surface area (Å²) in [7, 11) is 0. The summed E-state index contributed by atoms with van der Waals surface area (Å²) < 4.78 is 25.9. The molecule has 8 heteroatoms. The highest BCUT2D eigenvalue weighted by Gasteiger charge is 2.07. The predicted molar refractivity (Wildman–Crippen MR) is 75.0 cm³/mol. The van der Waals surface area contributed by atoms with Crippen LogP contribution in [0.2, 0.25) is 0 Å². The smallest absolute Gasteiger partial charge is 0.269 e. The van der Waals surface area contributed by atoms with E-state index in [9.17, 15) is 18.9 Å². The maximum absolute atomic E-state index is 13.1. The van der Waals surface area contributed by atoms with Crippen LogP contribution in [0.3, 0.4) is 0 Å². The number of halogens is 2.